The molecular weight excluding hydrogens is 352 g/mol. The molecule has 1 aromatic heterocycles. The first kappa shape index (κ1) is 21.7. The highest BCUT2D eigenvalue weighted by atomic mass is 16.5. The van der Waals surface area contributed by atoms with E-state index in [0.29, 0.717) is 48.9 Å². The molecular formula is C18H33N4O5+. The SMILES string of the molecule is COCCCCOc1nc(OCCCCOC)nc([N+]2(C)CCOCC2)n1. The Morgan fingerprint density at radius 2 is 1.26 bits per heavy atom. The summed E-state index contributed by atoms with van der Waals surface area (Å²) in [7, 11) is 5.49. The molecule has 0 spiro atoms. The van der Waals surface area contributed by atoms with E-state index in [1.807, 2.05) is 0 Å². The lowest BCUT2D eigenvalue weighted by atomic mass is 10.3. The molecule has 9 heteroatoms. The number of methoxy groups -OCH3 is 2. The highest BCUT2D eigenvalue weighted by molar-refractivity contribution is 5.28. The zero-order chi connectivity index (χ0) is 19.4. The van der Waals surface area contributed by atoms with Crippen molar-refractivity contribution in [3.63, 3.8) is 0 Å². The topological polar surface area (TPSA) is 84.8 Å². The van der Waals surface area contributed by atoms with Crippen molar-refractivity contribution in [2.24, 2.45) is 0 Å². The summed E-state index contributed by atoms with van der Waals surface area (Å²) >= 11 is 0. The molecule has 0 bridgehead atoms. The van der Waals surface area contributed by atoms with E-state index in [-0.39, 0.29) is 0 Å². The van der Waals surface area contributed by atoms with Gasteiger partial charge >= 0.3 is 18.0 Å². The summed E-state index contributed by atoms with van der Waals surface area (Å²) in [6.07, 6.45) is 3.62. The first-order valence-corrected chi connectivity index (χ1v) is 9.60. The van der Waals surface area contributed by atoms with E-state index < -0.39 is 0 Å². The first-order valence-electron chi connectivity index (χ1n) is 9.60. The van der Waals surface area contributed by atoms with Crippen LogP contribution in [0.2, 0.25) is 0 Å². The van der Waals surface area contributed by atoms with Gasteiger partial charge in [-0.25, -0.2) is 0 Å². The van der Waals surface area contributed by atoms with Crippen LogP contribution in [-0.4, -0.2) is 89.0 Å². The second kappa shape index (κ2) is 12.0. The van der Waals surface area contributed by atoms with Crippen molar-refractivity contribution in [2.45, 2.75) is 25.7 Å². The summed E-state index contributed by atoms with van der Waals surface area (Å²) < 4.78 is 27.7. The Bertz CT molecular complexity index is 508. The fraction of sp³-hybridized carbons (Fsp3) is 0.833. The highest BCUT2D eigenvalue weighted by Crippen LogP contribution is 2.23. The minimum atomic E-state index is 0.315. The number of aromatic nitrogens is 3. The Kier molecular flexibility index (Phi) is 9.68. The van der Waals surface area contributed by atoms with Gasteiger partial charge in [-0.3, -0.25) is 4.48 Å². The van der Waals surface area contributed by atoms with Crippen molar-refractivity contribution in [1.82, 2.24) is 19.4 Å². The molecule has 0 aromatic carbocycles. The fourth-order valence-corrected chi connectivity index (χ4v) is 2.67. The summed E-state index contributed by atoms with van der Waals surface area (Å²) in [5.41, 5.74) is 0. The molecule has 0 amide bonds. The predicted octanol–water partition coefficient (Wildman–Crippen LogP) is 1.45. The highest BCUT2D eigenvalue weighted by Gasteiger charge is 2.33. The summed E-state index contributed by atoms with van der Waals surface area (Å²) in [6.45, 7) is 5.49. The van der Waals surface area contributed by atoms with Crippen molar-refractivity contribution in [2.75, 3.05) is 74.0 Å². The van der Waals surface area contributed by atoms with E-state index in [4.69, 9.17) is 23.7 Å². The lowest BCUT2D eigenvalue weighted by molar-refractivity contribution is 0.0487. The smallest absolute Gasteiger partial charge is 0.338 e. The summed E-state index contributed by atoms with van der Waals surface area (Å²) in [6, 6.07) is 0.630. The van der Waals surface area contributed by atoms with Crippen LogP contribution in [0.3, 0.4) is 0 Å². The molecule has 27 heavy (non-hydrogen) atoms. The van der Waals surface area contributed by atoms with Gasteiger partial charge in [-0.15, -0.1) is 15.0 Å². The molecule has 0 saturated carbocycles. The molecule has 0 unspecified atom stereocenters. The average Bonchev–Trinajstić information content (AvgIpc) is 2.68. The van der Waals surface area contributed by atoms with E-state index in [2.05, 4.69) is 22.0 Å². The van der Waals surface area contributed by atoms with E-state index in [1.165, 1.54) is 0 Å². The Balaban J connectivity index is 2.02. The first-order chi connectivity index (χ1) is 13.2. The number of rotatable bonds is 13. The van der Waals surface area contributed by atoms with Crippen LogP contribution in [0, 0.1) is 0 Å². The van der Waals surface area contributed by atoms with Gasteiger partial charge in [0.1, 0.15) is 13.1 Å². The third-order valence-electron chi connectivity index (χ3n) is 4.47. The Hall–Kier alpha value is -1.55. The molecule has 1 fully saturated rings. The maximum atomic E-state index is 5.76. The lowest BCUT2D eigenvalue weighted by Crippen LogP contribution is -2.54. The standard InChI is InChI=1S/C18H33N4O5/c1-22(8-14-25-15-9-22)16-19-17(26-12-6-4-10-23-2)21-18(20-16)27-13-7-5-11-24-3/h4-15H2,1-3H3/q+1. The van der Waals surface area contributed by atoms with E-state index in [0.717, 1.165) is 52.0 Å². The number of nitrogens with zero attached hydrogens (tertiary/aromatic N) is 4. The maximum absolute atomic E-state index is 5.76. The Morgan fingerprint density at radius 1 is 0.778 bits per heavy atom. The fourth-order valence-electron chi connectivity index (χ4n) is 2.67. The van der Waals surface area contributed by atoms with Crippen molar-refractivity contribution >= 4 is 5.95 Å². The second-order valence-electron chi connectivity index (χ2n) is 6.75. The lowest BCUT2D eigenvalue weighted by Gasteiger charge is -2.34. The van der Waals surface area contributed by atoms with Crippen molar-refractivity contribution < 1.29 is 23.7 Å². The molecule has 0 atom stereocenters. The van der Waals surface area contributed by atoms with Gasteiger partial charge in [0.2, 0.25) is 0 Å². The molecule has 9 nitrogen and oxygen atoms in total. The van der Waals surface area contributed by atoms with E-state index >= 15 is 0 Å². The quantitative estimate of drug-likeness (QED) is 0.373. The van der Waals surface area contributed by atoms with E-state index in [9.17, 15) is 0 Å². The largest absolute Gasteiger partial charge is 0.463 e. The normalized spacial score (nSPS) is 16.3. The van der Waals surface area contributed by atoms with Crippen LogP contribution >= 0.6 is 0 Å². The van der Waals surface area contributed by atoms with Crippen LogP contribution < -0.4 is 14.0 Å². The zero-order valence-electron chi connectivity index (χ0n) is 16.8. The molecule has 0 radical (unpaired) electrons. The third-order valence-corrected chi connectivity index (χ3v) is 4.47. The number of quaternary nitrogens is 1. The molecule has 0 aliphatic carbocycles. The van der Waals surface area contributed by atoms with Crippen molar-refractivity contribution in [1.29, 1.82) is 0 Å². The second-order valence-corrected chi connectivity index (χ2v) is 6.75. The number of likely N-dealkylation sites (N-methyl/N-ethyl adjacent to an activating group) is 1. The maximum Gasteiger partial charge on any atom is 0.338 e. The van der Waals surface area contributed by atoms with Crippen molar-refractivity contribution in [3.8, 4) is 12.0 Å². The number of ether oxygens (including phenoxy) is 5. The molecule has 0 N–H and O–H groups in total. The van der Waals surface area contributed by atoms with E-state index in [1.54, 1.807) is 14.2 Å². The number of unbranched alkanes of at least 4 members (excludes halogenated alkanes) is 2. The van der Waals surface area contributed by atoms with Gasteiger partial charge in [0.25, 0.3) is 0 Å². The predicted molar refractivity (Wildman–Crippen MR) is 101 cm³/mol. The Labute approximate surface area is 161 Å². The number of hydrogen-bond acceptors (Lipinski definition) is 8. The van der Waals surface area contributed by atoms with Gasteiger partial charge < -0.3 is 23.7 Å². The number of morpholine rings is 1. The van der Waals surface area contributed by atoms with Crippen LogP contribution in [0.25, 0.3) is 0 Å². The average molecular weight is 385 g/mol. The third kappa shape index (κ3) is 7.53. The summed E-state index contributed by atoms with van der Waals surface area (Å²) in [5, 5.41) is 0. The van der Waals surface area contributed by atoms with Gasteiger partial charge in [-0.05, 0) is 25.7 Å². The molecule has 1 aliphatic heterocycles. The molecule has 2 rings (SSSR count). The summed E-state index contributed by atoms with van der Waals surface area (Å²) in [5.74, 6) is 0.659. The molecule has 1 aromatic rings. The molecule has 154 valence electrons. The van der Waals surface area contributed by atoms with Crippen LogP contribution in [-0.2, 0) is 14.2 Å². The number of hydrogen-bond donors (Lipinski definition) is 0. The minimum Gasteiger partial charge on any atom is -0.463 e. The van der Waals surface area contributed by atoms with Crippen molar-refractivity contribution in [3.05, 3.63) is 0 Å². The van der Waals surface area contributed by atoms with Gasteiger partial charge in [-0.2, -0.15) is 0 Å². The minimum absolute atomic E-state index is 0.315. The van der Waals surface area contributed by atoms with Gasteiger partial charge in [0.15, 0.2) is 0 Å². The zero-order valence-corrected chi connectivity index (χ0v) is 16.8. The monoisotopic (exact) mass is 385 g/mol. The van der Waals surface area contributed by atoms with Crippen LogP contribution in [0.15, 0.2) is 0 Å². The molecule has 2 heterocycles. The van der Waals surface area contributed by atoms with Crippen LogP contribution in [0.4, 0.5) is 5.95 Å². The van der Waals surface area contributed by atoms with Gasteiger partial charge in [0.05, 0.1) is 33.5 Å². The molecule has 1 aliphatic rings. The van der Waals surface area contributed by atoms with Crippen LogP contribution in [0.1, 0.15) is 25.7 Å². The van der Waals surface area contributed by atoms with Gasteiger partial charge in [-0.1, -0.05) is 0 Å². The van der Waals surface area contributed by atoms with Gasteiger partial charge in [0, 0.05) is 27.4 Å². The summed E-state index contributed by atoms with van der Waals surface area (Å²) in [4.78, 5) is 13.4. The Morgan fingerprint density at radius 3 is 1.74 bits per heavy atom. The molecule has 1 saturated heterocycles. The van der Waals surface area contributed by atoms with Crippen LogP contribution in [0.5, 0.6) is 12.0 Å².